The van der Waals surface area contributed by atoms with Gasteiger partial charge < -0.3 is 10.5 Å². The summed E-state index contributed by atoms with van der Waals surface area (Å²) in [6.07, 6.45) is 1.76. The fourth-order valence-corrected chi connectivity index (χ4v) is 1.58. The first-order valence-electron chi connectivity index (χ1n) is 3.93. The van der Waals surface area contributed by atoms with Crippen LogP contribution in [0, 0.1) is 0 Å². The highest BCUT2D eigenvalue weighted by molar-refractivity contribution is 7.09. The third-order valence-corrected chi connectivity index (χ3v) is 2.58. The lowest BCUT2D eigenvalue weighted by Gasteiger charge is -2.21. The average molecular weight is 186 g/mol. The van der Waals surface area contributed by atoms with Crippen molar-refractivity contribution in [1.29, 1.82) is 0 Å². The minimum absolute atomic E-state index is 0.440. The van der Waals surface area contributed by atoms with Crippen LogP contribution < -0.4 is 5.73 Å². The summed E-state index contributed by atoms with van der Waals surface area (Å²) in [5, 5.41) is 2.85. The van der Waals surface area contributed by atoms with Crippen LogP contribution in [0.15, 0.2) is 11.6 Å². The van der Waals surface area contributed by atoms with E-state index in [-0.39, 0.29) is 0 Å². The SMILES string of the molecule is CCOCC(C)(N)c1nccs1. The molecular formula is C8H14N2OS. The number of hydrogen-bond donors (Lipinski definition) is 1. The predicted molar refractivity (Wildman–Crippen MR) is 50.1 cm³/mol. The van der Waals surface area contributed by atoms with Gasteiger partial charge in [0.05, 0.1) is 12.1 Å². The molecule has 0 aliphatic carbocycles. The minimum Gasteiger partial charge on any atom is -0.379 e. The molecule has 4 heteroatoms. The van der Waals surface area contributed by atoms with E-state index in [1.165, 1.54) is 0 Å². The monoisotopic (exact) mass is 186 g/mol. The van der Waals surface area contributed by atoms with Crippen LogP contribution in [0.3, 0.4) is 0 Å². The number of nitrogens with zero attached hydrogens (tertiary/aromatic N) is 1. The molecule has 1 atom stereocenters. The number of ether oxygens (including phenoxy) is 1. The molecule has 0 aliphatic rings. The molecule has 2 N–H and O–H groups in total. The fraction of sp³-hybridized carbons (Fsp3) is 0.625. The Balaban J connectivity index is 2.59. The Bertz CT molecular complexity index is 221. The normalized spacial score (nSPS) is 15.9. The van der Waals surface area contributed by atoms with E-state index in [2.05, 4.69) is 4.98 Å². The molecule has 0 spiro atoms. The second-order valence-electron chi connectivity index (χ2n) is 2.89. The third kappa shape index (κ3) is 2.27. The van der Waals surface area contributed by atoms with Gasteiger partial charge in [-0.15, -0.1) is 11.3 Å². The van der Waals surface area contributed by atoms with E-state index in [4.69, 9.17) is 10.5 Å². The Labute approximate surface area is 76.6 Å². The zero-order chi connectivity index (χ0) is 9.03. The summed E-state index contributed by atoms with van der Waals surface area (Å²) in [7, 11) is 0. The van der Waals surface area contributed by atoms with E-state index in [9.17, 15) is 0 Å². The van der Waals surface area contributed by atoms with Gasteiger partial charge in [-0.2, -0.15) is 0 Å². The van der Waals surface area contributed by atoms with Crippen molar-refractivity contribution in [3.05, 3.63) is 16.6 Å². The molecule has 0 amide bonds. The number of nitrogens with two attached hydrogens (primary N) is 1. The average Bonchev–Trinajstić information content (AvgIpc) is 2.53. The minimum atomic E-state index is -0.440. The van der Waals surface area contributed by atoms with Crippen molar-refractivity contribution < 1.29 is 4.74 Å². The Morgan fingerprint density at radius 3 is 3.00 bits per heavy atom. The maximum atomic E-state index is 5.99. The lowest BCUT2D eigenvalue weighted by atomic mass is 10.1. The summed E-state index contributed by atoms with van der Waals surface area (Å²) >= 11 is 1.56. The first-order valence-corrected chi connectivity index (χ1v) is 4.81. The van der Waals surface area contributed by atoms with Crippen molar-refractivity contribution >= 4 is 11.3 Å². The molecule has 1 rings (SSSR count). The summed E-state index contributed by atoms with van der Waals surface area (Å²) < 4.78 is 5.26. The molecule has 0 radical (unpaired) electrons. The summed E-state index contributed by atoms with van der Waals surface area (Å²) in [6.45, 7) is 5.11. The van der Waals surface area contributed by atoms with Gasteiger partial charge in [-0.25, -0.2) is 4.98 Å². The molecule has 0 aromatic carbocycles. The van der Waals surface area contributed by atoms with Gasteiger partial charge in [0.15, 0.2) is 0 Å². The lowest BCUT2D eigenvalue weighted by Crippen LogP contribution is -2.38. The van der Waals surface area contributed by atoms with Gasteiger partial charge in [0, 0.05) is 18.2 Å². The van der Waals surface area contributed by atoms with Crippen molar-refractivity contribution in [3.63, 3.8) is 0 Å². The maximum Gasteiger partial charge on any atom is 0.115 e. The molecule has 1 heterocycles. The van der Waals surface area contributed by atoms with Crippen molar-refractivity contribution in [2.75, 3.05) is 13.2 Å². The van der Waals surface area contributed by atoms with Crippen molar-refractivity contribution in [1.82, 2.24) is 4.98 Å². The van der Waals surface area contributed by atoms with Crippen LogP contribution in [-0.2, 0) is 10.3 Å². The predicted octanol–water partition coefficient (Wildman–Crippen LogP) is 1.35. The van der Waals surface area contributed by atoms with Crippen molar-refractivity contribution in [2.24, 2.45) is 5.73 Å². The summed E-state index contributed by atoms with van der Waals surface area (Å²) in [5.41, 5.74) is 5.55. The Morgan fingerprint density at radius 2 is 2.50 bits per heavy atom. The Kier molecular flexibility index (Phi) is 3.20. The van der Waals surface area contributed by atoms with E-state index in [0.29, 0.717) is 13.2 Å². The largest absolute Gasteiger partial charge is 0.379 e. The molecule has 0 saturated carbocycles. The molecular weight excluding hydrogens is 172 g/mol. The number of hydrogen-bond acceptors (Lipinski definition) is 4. The van der Waals surface area contributed by atoms with Crippen LogP contribution in [0.1, 0.15) is 18.9 Å². The number of aromatic nitrogens is 1. The highest BCUT2D eigenvalue weighted by atomic mass is 32.1. The molecule has 0 bridgehead atoms. The molecule has 3 nitrogen and oxygen atoms in total. The van der Waals surface area contributed by atoms with Gasteiger partial charge in [0.25, 0.3) is 0 Å². The smallest absolute Gasteiger partial charge is 0.115 e. The standard InChI is InChI=1S/C8H14N2OS/c1-3-11-6-8(2,9)7-10-4-5-12-7/h4-5H,3,6,9H2,1-2H3. The molecule has 0 saturated heterocycles. The van der Waals surface area contributed by atoms with Gasteiger partial charge in [-0.05, 0) is 13.8 Å². The molecule has 1 aromatic rings. The Hall–Kier alpha value is -0.450. The van der Waals surface area contributed by atoms with Crippen LogP contribution in [0.4, 0.5) is 0 Å². The van der Waals surface area contributed by atoms with E-state index in [1.807, 2.05) is 19.2 Å². The van der Waals surface area contributed by atoms with Gasteiger partial charge >= 0.3 is 0 Å². The van der Waals surface area contributed by atoms with Crippen molar-refractivity contribution in [3.8, 4) is 0 Å². The third-order valence-electron chi connectivity index (χ3n) is 1.53. The van der Waals surface area contributed by atoms with E-state index >= 15 is 0 Å². The topological polar surface area (TPSA) is 48.1 Å². The van der Waals surface area contributed by atoms with Crippen LogP contribution in [0.5, 0.6) is 0 Å². The number of thiazole rings is 1. The maximum absolute atomic E-state index is 5.99. The molecule has 12 heavy (non-hydrogen) atoms. The fourth-order valence-electron chi connectivity index (χ4n) is 0.881. The van der Waals surface area contributed by atoms with E-state index in [0.717, 1.165) is 5.01 Å². The van der Waals surface area contributed by atoms with Gasteiger partial charge in [0.1, 0.15) is 5.01 Å². The quantitative estimate of drug-likeness (QED) is 0.772. The first kappa shape index (κ1) is 9.64. The molecule has 68 valence electrons. The van der Waals surface area contributed by atoms with Gasteiger partial charge in [-0.1, -0.05) is 0 Å². The van der Waals surface area contributed by atoms with Gasteiger partial charge in [0.2, 0.25) is 0 Å². The summed E-state index contributed by atoms with van der Waals surface area (Å²) in [4.78, 5) is 4.15. The number of rotatable bonds is 4. The van der Waals surface area contributed by atoms with E-state index in [1.54, 1.807) is 17.5 Å². The molecule has 0 fully saturated rings. The van der Waals surface area contributed by atoms with Gasteiger partial charge in [-0.3, -0.25) is 0 Å². The zero-order valence-electron chi connectivity index (χ0n) is 7.41. The second-order valence-corrected chi connectivity index (χ2v) is 3.79. The highest BCUT2D eigenvalue weighted by Gasteiger charge is 2.23. The lowest BCUT2D eigenvalue weighted by molar-refractivity contribution is 0.101. The van der Waals surface area contributed by atoms with E-state index < -0.39 is 5.54 Å². The first-order chi connectivity index (χ1) is 5.67. The highest BCUT2D eigenvalue weighted by Crippen LogP contribution is 2.19. The van der Waals surface area contributed by atoms with Crippen LogP contribution in [0.25, 0.3) is 0 Å². The van der Waals surface area contributed by atoms with Crippen LogP contribution in [0.2, 0.25) is 0 Å². The van der Waals surface area contributed by atoms with Crippen LogP contribution >= 0.6 is 11.3 Å². The molecule has 1 aromatic heterocycles. The molecule has 1 unspecified atom stereocenters. The molecule has 0 aliphatic heterocycles. The zero-order valence-corrected chi connectivity index (χ0v) is 8.23. The van der Waals surface area contributed by atoms with Crippen molar-refractivity contribution in [2.45, 2.75) is 19.4 Å². The summed E-state index contributed by atoms with van der Waals surface area (Å²) in [6, 6.07) is 0. The summed E-state index contributed by atoms with van der Waals surface area (Å²) in [5.74, 6) is 0. The van der Waals surface area contributed by atoms with Crippen LogP contribution in [-0.4, -0.2) is 18.2 Å². The second kappa shape index (κ2) is 3.98. The Morgan fingerprint density at radius 1 is 1.75 bits per heavy atom.